The van der Waals surface area contributed by atoms with E-state index in [1.807, 2.05) is 0 Å². The normalized spacial score (nSPS) is 18.3. The van der Waals surface area contributed by atoms with Crippen molar-refractivity contribution in [3.8, 4) is 0 Å². The lowest BCUT2D eigenvalue weighted by Crippen LogP contribution is -2.48. The highest BCUT2D eigenvalue weighted by molar-refractivity contribution is 7.89. The summed E-state index contributed by atoms with van der Waals surface area (Å²) in [6.07, 6.45) is 1.10. The van der Waals surface area contributed by atoms with Gasteiger partial charge in [0.05, 0.1) is 6.04 Å². The van der Waals surface area contributed by atoms with E-state index in [4.69, 9.17) is 4.42 Å². The number of furan rings is 1. The maximum absolute atomic E-state index is 13.5. The van der Waals surface area contributed by atoms with Crippen LogP contribution in [0.15, 0.2) is 40.8 Å². The van der Waals surface area contributed by atoms with Gasteiger partial charge in [-0.25, -0.2) is 12.8 Å². The van der Waals surface area contributed by atoms with Crippen LogP contribution in [0.2, 0.25) is 0 Å². The molecule has 3 rings (SSSR count). The van der Waals surface area contributed by atoms with Crippen molar-refractivity contribution in [3.63, 3.8) is 0 Å². The van der Waals surface area contributed by atoms with Crippen LogP contribution in [0.25, 0.3) is 0 Å². The van der Waals surface area contributed by atoms with Gasteiger partial charge in [0, 0.05) is 25.9 Å². The van der Waals surface area contributed by atoms with Crippen LogP contribution in [-0.2, 0) is 15.6 Å². The molecule has 1 aliphatic heterocycles. The molecule has 8 heteroatoms. The van der Waals surface area contributed by atoms with Crippen LogP contribution in [-0.4, -0.2) is 45.1 Å². The maximum atomic E-state index is 13.5. The Kier molecular flexibility index (Phi) is 4.91. The second kappa shape index (κ2) is 6.97. The van der Waals surface area contributed by atoms with E-state index in [9.17, 15) is 17.6 Å². The molecule has 0 spiro atoms. The van der Waals surface area contributed by atoms with Crippen LogP contribution in [0.4, 0.5) is 4.39 Å². The molecule has 0 saturated carbocycles. The fraction of sp³-hybridized carbons (Fsp3) is 0.353. The molecule has 0 radical (unpaired) electrons. The van der Waals surface area contributed by atoms with E-state index in [1.165, 1.54) is 24.3 Å². The Bertz CT molecular complexity index is 878. The number of carbonyl (C=O) groups is 1. The van der Waals surface area contributed by atoms with E-state index in [-0.39, 0.29) is 35.0 Å². The first-order valence-corrected chi connectivity index (χ1v) is 9.93. The van der Waals surface area contributed by atoms with Gasteiger partial charge in [-0.05, 0) is 29.8 Å². The zero-order valence-electron chi connectivity index (χ0n) is 13.7. The van der Waals surface area contributed by atoms with Crippen molar-refractivity contribution in [1.82, 2.24) is 10.2 Å². The van der Waals surface area contributed by atoms with Crippen LogP contribution in [0, 0.1) is 5.82 Å². The summed E-state index contributed by atoms with van der Waals surface area (Å²) in [5.41, 5.74) is 0.698. The van der Waals surface area contributed by atoms with Gasteiger partial charge in [-0.1, -0.05) is 12.1 Å². The summed E-state index contributed by atoms with van der Waals surface area (Å²) >= 11 is 0. The lowest BCUT2D eigenvalue weighted by atomic mass is 10.0. The molecule has 1 aromatic heterocycles. The molecule has 1 amide bonds. The third-order valence-electron chi connectivity index (χ3n) is 4.01. The van der Waals surface area contributed by atoms with Crippen molar-refractivity contribution in [2.24, 2.45) is 0 Å². The fourth-order valence-electron chi connectivity index (χ4n) is 2.93. The number of rotatable bonds is 4. The molecule has 1 unspecified atom stereocenters. The average Bonchev–Trinajstić information content (AvgIpc) is 3.00. The molecule has 2 aromatic rings. The van der Waals surface area contributed by atoms with Gasteiger partial charge in [0.25, 0.3) is 5.91 Å². The first-order chi connectivity index (χ1) is 11.8. The van der Waals surface area contributed by atoms with Crippen molar-refractivity contribution in [3.05, 3.63) is 59.3 Å². The van der Waals surface area contributed by atoms with Crippen LogP contribution < -0.4 is 5.32 Å². The van der Waals surface area contributed by atoms with E-state index in [2.05, 4.69) is 5.32 Å². The Hall–Kier alpha value is -2.19. The van der Waals surface area contributed by atoms with E-state index in [0.717, 1.165) is 6.26 Å². The van der Waals surface area contributed by atoms with Gasteiger partial charge in [-0.2, -0.15) is 0 Å². The Morgan fingerprint density at radius 2 is 2.16 bits per heavy atom. The van der Waals surface area contributed by atoms with E-state index < -0.39 is 9.84 Å². The van der Waals surface area contributed by atoms with E-state index >= 15 is 0 Å². The summed E-state index contributed by atoms with van der Waals surface area (Å²) in [4.78, 5) is 14.4. The molecule has 1 fully saturated rings. The topological polar surface area (TPSA) is 79.6 Å². The largest absolute Gasteiger partial charge is 0.455 e. The highest BCUT2D eigenvalue weighted by atomic mass is 32.2. The lowest BCUT2D eigenvalue weighted by molar-refractivity contribution is 0.0599. The minimum Gasteiger partial charge on any atom is -0.455 e. The second-order valence-corrected chi connectivity index (χ2v) is 8.25. The zero-order valence-corrected chi connectivity index (χ0v) is 14.6. The lowest BCUT2D eigenvalue weighted by Gasteiger charge is -2.36. The number of nitrogens with one attached hydrogen (secondary N) is 1. The van der Waals surface area contributed by atoms with Crippen molar-refractivity contribution >= 4 is 15.7 Å². The number of hydrogen-bond donors (Lipinski definition) is 1. The number of carbonyl (C=O) groups excluding carboxylic acids is 1. The van der Waals surface area contributed by atoms with Gasteiger partial charge < -0.3 is 14.6 Å². The molecule has 1 aromatic carbocycles. The molecule has 134 valence electrons. The highest BCUT2D eigenvalue weighted by Crippen LogP contribution is 2.25. The van der Waals surface area contributed by atoms with Gasteiger partial charge in [-0.3, -0.25) is 4.79 Å². The summed E-state index contributed by atoms with van der Waals surface area (Å²) < 4.78 is 41.7. The van der Waals surface area contributed by atoms with E-state index in [1.54, 1.807) is 17.0 Å². The number of sulfone groups is 1. The standard InChI is InChI=1S/C17H19FN2O4S/c1-25(22,23)11-14-5-6-16(24-14)17(21)20-8-7-19-10-15(20)12-3-2-4-13(18)9-12/h2-6,9,15,19H,7-8,10-11H2,1H3. The molecule has 1 aliphatic rings. The fourth-order valence-corrected chi connectivity index (χ4v) is 3.60. The summed E-state index contributed by atoms with van der Waals surface area (Å²) in [5.74, 6) is -0.639. The first kappa shape index (κ1) is 17.6. The van der Waals surface area contributed by atoms with Gasteiger partial charge in [0.2, 0.25) is 0 Å². The van der Waals surface area contributed by atoms with Crippen LogP contribution >= 0.6 is 0 Å². The second-order valence-electron chi connectivity index (χ2n) is 6.11. The zero-order chi connectivity index (χ0) is 18.0. The Morgan fingerprint density at radius 3 is 2.88 bits per heavy atom. The third-order valence-corrected chi connectivity index (χ3v) is 4.82. The summed E-state index contributed by atoms with van der Waals surface area (Å²) in [6.45, 7) is 1.57. The average molecular weight is 366 g/mol. The van der Waals surface area contributed by atoms with Gasteiger partial charge in [-0.15, -0.1) is 0 Å². The molecule has 1 saturated heterocycles. The maximum Gasteiger partial charge on any atom is 0.290 e. The van der Waals surface area contributed by atoms with Crippen LogP contribution in [0.1, 0.15) is 27.9 Å². The Balaban J connectivity index is 1.84. The SMILES string of the molecule is CS(=O)(=O)Cc1ccc(C(=O)N2CCNCC2c2cccc(F)c2)o1. The summed E-state index contributed by atoms with van der Waals surface area (Å²) in [7, 11) is -3.24. The van der Waals surface area contributed by atoms with E-state index in [0.29, 0.717) is 25.2 Å². The predicted octanol–water partition coefficient (Wildman–Crippen LogP) is 1.75. The molecule has 0 aliphatic carbocycles. The van der Waals surface area contributed by atoms with Crippen molar-refractivity contribution in [1.29, 1.82) is 0 Å². The quantitative estimate of drug-likeness (QED) is 0.892. The number of hydrogen-bond acceptors (Lipinski definition) is 5. The van der Waals surface area contributed by atoms with Crippen LogP contribution in [0.3, 0.4) is 0 Å². The number of nitrogens with zero attached hydrogens (tertiary/aromatic N) is 1. The van der Waals surface area contributed by atoms with Crippen molar-refractivity contribution in [2.75, 3.05) is 25.9 Å². The van der Waals surface area contributed by atoms with Gasteiger partial charge >= 0.3 is 0 Å². The smallest absolute Gasteiger partial charge is 0.290 e. The number of benzene rings is 1. The molecular formula is C17H19FN2O4S. The molecule has 25 heavy (non-hydrogen) atoms. The monoisotopic (exact) mass is 366 g/mol. The number of halogens is 1. The minimum absolute atomic E-state index is 0.0851. The van der Waals surface area contributed by atoms with Crippen molar-refractivity contribution < 1.29 is 22.0 Å². The number of piperazine rings is 1. The molecule has 1 N–H and O–H groups in total. The molecule has 1 atom stereocenters. The van der Waals surface area contributed by atoms with Gasteiger partial charge in [0.15, 0.2) is 15.6 Å². The summed E-state index contributed by atoms with van der Waals surface area (Å²) in [5, 5.41) is 3.20. The molecular weight excluding hydrogens is 347 g/mol. The Morgan fingerprint density at radius 1 is 1.36 bits per heavy atom. The van der Waals surface area contributed by atoms with Gasteiger partial charge in [0.1, 0.15) is 17.3 Å². The van der Waals surface area contributed by atoms with Crippen LogP contribution in [0.5, 0.6) is 0 Å². The molecule has 6 nitrogen and oxygen atoms in total. The highest BCUT2D eigenvalue weighted by Gasteiger charge is 2.30. The Labute approximate surface area is 145 Å². The molecule has 0 bridgehead atoms. The third kappa shape index (κ3) is 4.26. The molecule has 2 heterocycles. The first-order valence-electron chi connectivity index (χ1n) is 7.87. The minimum atomic E-state index is -3.24. The van der Waals surface area contributed by atoms with Crippen molar-refractivity contribution in [2.45, 2.75) is 11.8 Å². The summed E-state index contributed by atoms with van der Waals surface area (Å²) in [6, 6.07) is 8.81. The number of amides is 1. The predicted molar refractivity (Wildman–Crippen MR) is 90.3 cm³/mol.